The lowest BCUT2D eigenvalue weighted by atomic mass is 10.2. The monoisotopic (exact) mass is 430 g/mol. The Kier molecular flexibility index (Phi) is 2.98. The van der Waals surface area contributed by atoms with E-state index in [0.717, 1.165) is 17.2 Å². The molecule has 0 atom stereocenters. The van der Waals surface area contributed by atoms with E-state index in [1.54, 1.807) is 5.38 Å². The average Bonchev–Trinajstić information content (AvgIpc) is 2.47. The molecule has 14 heavy (non-hydrogen) atoms. The minimum Gasteiger partial charge on any atom is -0.478 e. The van der Waals surface area contributed by atoms with Gasteiger partial charge in [0.15, 0.2) is 0 Å². The highest BCUT2D eigenvalue weighted by molar-refractivity contribution is 14.1. The predicted molar refractivity (Wildman–Crippen MR) is 74.2 cm³/mol. The maximum Gasteiger partial charge on any atom is 0.337 e. The summed E-state index contributed by atoms with van der Waals surface area (Å²) < 4.78 is 3.24. The second kappa shape index (κ2) is 3.93. The van der Waals surface area contributed by atoms with Crippen molar-refractivity contribution in [3.63, 3.8) is 0 Å². The molecule has 1 aromatic heterocycles. The normalized spacial score (nSPS) is 10.7. The standard InChI is InChI=1S/C9H4I2O2S/c10-4-1-5-6(9(12)13)3-14-8(5)7(11)2-4/h1-3H,(H,12,13). The summed E-state index contributed by atoms with van der Waals surface area (Å²) in [5.41, 5.74) is 0.404. The van der Waals surface area contributed by atoms with Crippen molar-refractivity contribution in [2.24, 2.45) is 0 Å². The fraction of sp³-hybridized carbons (Fsp3) is 0. The van der Waals surface area contributed by atoms with Gasteiger partial charge in [-0.1, -0.05) is 0 Å². The maximum atomic E-state index is 10.9. The highest BCUT2D eigenvalue weighted by atomic mass is 127. The van der Waals surface area contributed by atoms with Gasteiger partial charge in [0.25, 0.3) is 0 Å². The number of carboxylic acids is 1. The van der Waals surface area contributed by atoms with Crippen molar-refractivity contribution in [1.82, 2.24) is 0 Å². The predicted octanol–water partition coefficient (Wildman–Crippen LogP) is 3.81. The number of carboxylic acid groups (broad SMARTS) is 1. The summed E-state index contributed by atoms with van der Waals surface area (Å²) in [5.74, 6) is -0.853. The molecule has 0 unspecified atom stereocenters. The molecule has 1 N–H and O–H groups in total. The van der Waals surface area contributed by atoms with Gasteiger partial charge < -0.3 is 5.11 Å². The summed E-state index contributed by atoms with van der Waals surface area (Å²) in [5, 5.41) is 11.5. The zero-order valence-electron chi connectivity index (χ0n) is 6.75. The number of rotatable bonds is 1. The molecule has 2 aromatic rings. The van der Waals surface area contributed by atoms with Crippen LogP contribution < -0.4 is 0 Å². The van der Waals surface area contributed by atoms with Crippen molar-refractivity contribution in [3.8, 4) is 0 Å². The van der Waals surface area contributed by atoms with Crippen LogP contribution in [0.15, 0.2) is 17.5 Å². The van der Waals surface area contributed by atoms with Crippen LogP contribution in [0.3, 0.4) is 0 Å². The minimum atomic E-state index is -0.853. The molecule has 5 heteroatoms. The quantitative estimate of drug-likeness (QED) is 0.700. The minimum absolute atomic E-state index is 0.404. The Bertz CT molecular complexity index is 519. The molecule has 0 aliphatic rings. The van der Waals surface area contributed by atoms with Crippen LogP contribution in [0.4, 0.5) is 0 Å². The van der Waals surface area contributed by atoms with E-state index in [1.807, 2.05) is 12.1 Å². The SMILES string of the molecule is O=C(O)c1csc2c(I)cc(I)cc12. The van der Waals surface area contributed by atoms with Crippen LogP contribution in [-0.2, 0) is 0 Å². The van der Waals surface area contributed by atoms with Crippen LogP contribution in [-0.4, -0.2) is 11.1 Å². The van der Waals surface area contributed by atoms with Crippen LogP contribution in [0.2, 0.25) is 0 Å². The van der Waals surface area contributed by atoms with E-state index in [2.05, 4.69) is 45.2 Å². The number of carbonyl (C=O) groups is 1. The van der Waals surface area contributed by atoms with Gasteiger partial charge in [-0.15, -0.1) is 11.3 Å². The van der Waals surface area contributed by atoms with Crippen molar-refractivity contribution in [3.05, 3.63) is 30.2 Å². The van der Waals surface area contributed by atoms with Crippen LogP contribution in [0.5, 0.6) is 0 Å². The van der Waals surface area contributed by atoms with Crippen molar-refractivity contribution >= 4 is 72.6 Å². The summed E-state index contributed by atoms with van der Waals surface area (Å²) in [6.07, 6.45) is 0. The van der Waals surface area contributed by atoms with Crippen molar-refractivity contribution in [1.29, 1.82) is 0 Å². The lowest BCUT2D eigenvalue weighted by molar-refractivity contribution is 0.0699. The summed E-state index contributed by atoms with van der Waals surface area (Å²) in [6, 6.07) is 3.96. The van der Waals surface area contributed by atoms with Gasteiger partial charge in [0.05, 0.1) is 5.56 Å². The molecule has 0 saturated carbocycles. The van der Waals surface area contributed by atoms with Gasteiger partial charge in [-0.3, -0.25) is 0 Å². The Hall–Kier alpha value is 0.110. The summed E-state index contributed by atoms with van der Waals surface area (Å²) in [4.78, 5) is 10.9. The number of thiophene rings is 1. The largest absolute Gasteiger partial charge is 0.478 e. The first kappa shape index (κ1) is 10.6. The molecule has 2 rings (SSSR count). The molecular weight excluding hydrogens is 426 g/mol. The second-order valence-electron chi connectivity index (χ2n) is 2.72. The van der Waals surface area contributed by atoms with Crippen LogP contribution in [0, 0.1) is 7.14 Å². The van der Waals surface area contributed by atoms with Gasteiger partial charge in [-0.05, 0) is 57.3 Å². The highest BCUT2D eigenvalue weighted by Crippen LogP contribution is 2.31. The molecule has 0 aliphatic heterocycles. The van der Waals surface area contributed by atoms with E-state index >= 15 is 0 Å². The molecule has 0 fully saturated rings. The van der Waals surface area contributed by atoms with E-state index in [0.29, 0.717) is 5.56 Å². The third-order valence-corrected chi connectivity index (χ3v) is 4.69. The molecule has 1 aromatic carbocycles. The third-order valence-electron chi connectivity index (χ3n) is 1.82. The topological polar surface area (TPSA) is 37.3 Å². The number of benzene rings is 1. The van der Waals surface area contributed by atoms with Crippen molar-refractivity contribution in [2.75, 3.05) is 0 Å². The van der Waals surface area contributed by atoms with E-state index in [-0.39, 0.29) is 0 Å². The zero-order valence-corrected chi connectivity index (χ0v) is 11.9. The smallest absolute Gasteiger partial charge is 0.337 e. The number of aromatic carboxylic acids is 1. The maximum absolute atomic E-state index is 10.9. The number of hydrogen-bond donors (Lipinski definition) is 1. The second-order valence-corrected chi connectivity index (χ2v) is 6.01. The molecule has 0 saturated heterocycles. The lowest BCUT2D eigenvalue weighted by Crippen LogP contribution is -1.93. The van der Waals surface area contributed by atoms with E-state index in [4.69, 9.17) is 5.11 Å². The summed E-state index contributed by atoms with van der Waals surface area (Å²) >= 11 is 5.92. The zero-order chi connectivity index (χ0) is 10.3. The van der Waals surface area contributed by atoms with E-state index in [1.165, 1.54) is 11.3 Å². The Morgan fingerprint density at radius 2 is 2.07 bits per heavy atom. The first-order chi connectivity index (χ1) is 6.59. The van der Waals surface area contributed by atoms with Gasteiger partial charge in [0, 0.05) is 22.6 Å². The molecule has 0 spiro atoms. The Labute approximate surface area is 112 Å². The van der Waals surface area contributed by atoms with Crippen molar-refractivity contribution in [2.45, 2.75) is 0 Å². The van der Waals surface area contributed by atoms with Crippen LogP contribution >= 0.6 is 56.5 Å². The first-order valence-electron chi connectivity index (χ1n) is 3.69. The van der Waals surface area contributed by atoms with Gasteiger partial charge in [-0.2, -0.15) is 0 Å². The molecule has 0 aliphatic carbocycles. The summed E-state index contributed by atoms with van der Waals surface area (Å²) in [7, 11) is 0. The number of halogens is 2. The van der Waals surface area contributed by atoms with Gasteiger partial charge in [0.1, 0.15) is 0 Å². The van der Waals surface area contributed by atoms with Crippen molar-refractivity contribution < 1.29 is 9.90 Å². The molecule has 0 radical (unpaired) electrons. The number of hydrogen-bond acceptors (Lipinski definition) is 2. The molecule has 0 bridgehead atoms. The van der Waals surface area contributed by atoms with Gasteiger partial charge >= 0.3 is 5.97 Å². The first-order valence-corrected chi connectivity index (χ1v) is 6.73. The van der Waals surface area contributed by atoms with Crippen LogP contribution in [0.25, 0.3) is 10.1 Å². The van der Waals surface area contributed by atoms with Crippen LogP contribution in [0.1, 0.15) is 10.4 Å². The fourth-order valence-electron chi connectivity index (χ4n) is 1.23. The third kappa shape index (κ3) is 1.76. The summed E-state index contributed by atoms with van der Waals surface area (Å²) in [6.45, 7) is 0. The molecule has 2 nitrogen and oxygen atoms in total. The lowest BCUT2D eigenvalue weighted by Gasteiger charge is -1.97. The highest BCUT2D eigenvalue weighted by Gasteiger charge is 2.12. The molecule has 72 valence electrons. The molecular formula is C9H4I2O2S. The van der Waals surface area contributed by atoms with Gasteiger partial charge in [0.2, 0.25) is 0 Å². The Balaban J connectivity index is 2.85. The number of fused-ring (bicyclic) bond motifs is 1. The Morgan fingerprint density at radius 3 is 2.71 bits per heavy atom. The van der Waals surface area contributed by atoms with Gasteiger partial charge in [-0.25, -0.2) is 4.79 Å². The average molecular weight is 430 g/mol. The van der Waals surface area contributed by atoms with E-state index < -0.39 is 5.97 Å². The Morgan fingerprint density at radius 1 is 1.36 bits per heavy atom. The molecule has 0 amide bonds. The molecule has 1 heterocycles. The fourth-order valence-corrected chi connectivity index (χ4v) is 4.38. The van der Waals surface area contributed by atoms with E-state index in [9.17, 15) is 4.79 Å².